The third-order valence-corrected chi connectivity index (χ3v) is 4.91. The minimum Gasteiger partial charge on any atom is -0.311 e. The Morgan fingerprint density at radius 2 is 2.09 bits per heavy atom. The Morgan fingerprint density at radius 1 is 1.26 bits per heavy atom. The molecule has 2 aromatic rings. The second-order valence-corrected chi connectivity index (χ2v) is 6.29. The van der Waals surface area contributed by atoms with Gasteiger partial charge in [-0.15, -0.1) is 0 Å². The van der Waals surface area contributed by atoms with Gasteiger partial charge in [-0.1, -0.05) is 32.0 Å². The lowest BCUT2D eigenvalue weighted by Crippen LogP contribution is -2.34. The SMILES string of the molecule is CCN(CC)CCNCc1cc2cccc3c2n(c1=O)CCC3. The molecule has 0 amide bonds. The number of nitrogens with zero attached hydrogens (tertiary/aromatic N) is 2. The molecule has 124 valence electrons. The van der Waals surface area contributed by atoms with Crippen LogP contribution in [0, 0.1) is 0 Å². The van der Waals surface area contributed by atoms with Crippen molar-refractivity contribution in [1.29, 1.82) is 0 Å². The number of rotatable bonds is 7. The molecule has 1 N–H and O–H groups in total. The smallest absolute Gasteiger partial charge is 0.255 e. The number of hydrogen-bond donors (Lipinski definition) is 1. The second kappa shape index (κ2) is 7.28. The summed E-state index contributed by atoms with van der Waals surface area (Å²) >= 11 is 0. The molecule has 4 heteroatoms. The van der Waals surface area contributed by atoms with Crippen LogP contribution in [0.2, 0.25) is 0 Å². The number of benzene rings is 1. The molecular weight excluding hydrogens is 286 g/mol. The number of nitrogens with one attached hydrogen (secondary N) is 1. The third kappa shape index (κ3) is 3.33. The Balaban J connectivity index is 1.77. The minimum atomic E-state index is 0.181. The zero-order chi connectivity index (χ0) is 16.2. The van der Waals surface area contributed by atoms with Gasteiger partial charge in [0.25, 0.3) is 5.56 Å². The summed E-state index contributed by atoms with van der Waals surface area (Å²) in [5, 5.41) is 4.63. The second-order valence-electron chi connectivity index (χ2n) is 6.29. The van der Waals surface area contributed by atoms with Crippen molar-refractivity contribution in [2.75, 3.05) is 26.2 Å². The highest BCUT2D eigenvalue weighted by atomic mass is 16.1. The first-order valence-electron chi connectivity index (χ1n) is 8.82. The van der Waals surface area contributed by atoms with Crippen molar-refractivity contribution in [3.63, 3.8) is 0 Å². The molecule has 1 aromatic heterocycles. The lowest BCUT2D eigenvalue weighted by Gasteiger charge is -2.21. The van der Waals surface area contributed by atoms with Gasteiger partial charge in [-0.2, -0.15) is 0 Å². The Labute approximate surface area is 138 Å². The highest BCUT2D eigenvalue weighted by Crippen LogP contribution is 2.23. The minimum absolute atomic E-state index is 0.181. The summed E-state index contributed by atoms with van der Waals surface area (Å²) in [4.78, 5) is 15.1. The number of pyridine rings is 1. The van der Waals surface area contributed by atoms with Crippen LogP contribution < -0.4 is 10.9 Å². The van der Waals surface area contributed by atoms with Crippen molar-refractivity contribution in [1.82, 2.24) is 14.8 Å². The van der Waals surface area contributed by atoms with Crippen molar-refractivity contribution in [2.24, 2.45) is 0 Å². The number of hydrogen-bond acceptors (Lipinski definition) is 3. The highest BCUT2D eigenvalue weighted by Gasteiger charge is 2.15. The molecule has 0 bridgehead atoms. The van der Waals surface area contributed by atoms with Gasteiger partial charge in [0.05, 0.1) is 5.52 Å². The molecule has 23 heavy (non-hydrogen) atoms. The molecule has 0 spiro atoms. The molecule has 0 radical (unpaired) electrons. The molecule has 1 aliphatic rings. The van der Waals surface area contributed by atoms with E-state index in [0.717, 1.165) is 56.6 Å². The van der Waals surface area contributed by atoms with Crippen LogP contribution in [0.25, 0.3) is 10.9 Å². The van der Waals surface area contributed by atoms with Gasteiger partial charge in [0.15, 0.2) is 0 Å². The van der Waals surface area contributed by atoms with Crippen LogP contribution in [0.1, 0.15) is 31.4 Å². The van der Waals surface area contributed by atoms with E-state index < -0.39 is 0 Å². The Morgan fingerprint density at radius 3 is 2.87 bits per heavy atom. The summed E-state index contributed by atoms with van der Waals surface area (Å²) in [6.45, 7) is 9.95. The maximum atomic E-state index is 12.8. The monoisotopic (exact) mass is 313 g/mol. The van der Waals surface area contributed by atoms with Crippen LogP contribution in [0.3, 0.4) is 0 Å². The number of aromatic nitrogens is 1. The van der Waals surface area contributed by atoms with Crippen molar-refractivity contribution < 1.29 is 0 Å². The summed E-state index contributed by atoms with van der Waals surface area (Å²) in [6.07, 6.45) is 2.14. The van der Waals surface area contributed by atoms with Crippen molar-refractivity contribution >= 4 is 10.9 Å². The first-order chi connectivity index (χ1) is 11.2. The third-order valence-electron chi connectivity index (χ3n) is 4.91. The van der Waals surface area contributed by atoms with Gasteiger partial charge in [-0.05, 0) is 42.9 Å². The molecule has 0 fully saturated rings. The van der Waals surface area contributed by atoms with E-state index in [1.54, 1.807) is 0 Å². The van der Waals surface area contributed by atoms with E-state index in [1.165, 1.54) is 10.9 Å². The van der Waals surface area contributed by atoms with E-state index >= 15 is 0 Å². The maximum absolute atomic E-state index is 12.8. The van der Waals surface area contributed by atoms with Crippen LogP contribution in [-0.2, 0) is 19.5 Å². The summed E-state index contributed by atoms with van der Waals surface area (Å²) in [5.74, 6) is 0. The normalized spacial score (nSPS) is 13.9. The van der Waals surface area contributed by atoms with Gasteiger partial charge >= 0.3 is 0 Å². The summed E-state index contributed by atoms with van der Waals surface area (Å²) < 4.78 is 1.98. The zero-order valence-electron chi connectivity index (χ0n) is 14.3. The van der Waals surface area contributed by atoms with Crippen molar-refractivity contribution in [2.45, 2.75) is 39.8 Å². The lowest BCUT2D eigenvalue weighted by atomic mass is 10.00. The standard InChI is InChI=1S/C19H27N3O/c1-3-21(4-2)12-10-20-14-17-13-16-8-5-7-15-9-6-11-22(18(15)16)19(17)23/h5,7-8,13,20H,3-4,6,9-12,14H2,1-2H3. The average Bonchev–Trinajstić information content (AvgIpc) is 2.59. The first-order valence-corrected chi connectivity index (χ1v) is 8.82. The van der Waals surface area contributed by atoms with Crippen LogP contribution in [0.4, 0.5) is 0 Å². The molecule has 0 atom stereocenters. The number of aryl methyl sites for hydroxylation is 2. The fourth-order valence-corrected chi connectivity index (χ4v) is 3.55. The molecule has 4 nitrogen and oxygen atoms in total. The van der Waals surface area contributed by atoms with Gasteiger partial charge < -0.3 is 14.8 Å². The summed E-state index contributed by atoms with van der Waals surface area (Å²) in [7, 11) is 0. The van der Waals surface area contributed by atoms with Crippen molar-refractivity contribution in [3.8, 4) is 0 Å². The van der Waals surface area contributed by atoms with E-state index in [2.05, 4.69) is 48.3 Å². The number of likely N-dealkylation sites (N-methyl/N-ethyl adjacent to an activating group) is 1. The quantitative estimate of drug-likeness (QED) is 0.798. The molecule has 1 aliphatic heterocycles. The Hall–Kier alpha value is -1.65. The van der Waals surface area contributed by atoms with E-state index in [1.807, 2.05) is 4.57 Å². The Kier molecular flexibility index (Phi) is 5.13. The fraction of sp³-hybridized carbons (Fsp3) is 0.526. The molecule has 0 saturated carbocycles. The summed E-state index contributed by atoms with van der Waals surface area (Å²) in [5.41, 5.74) is 3.53. The van der Waals surface area contributed by atoms with Crippen molar-refractivity contribution in [3.05, 3.63) is 45.7 Å². The van der Waals surface area contributed by atoms with E-state index in [4.69, 9.17) is 0 Å². The van der Waals surface area contributed by atoms with Gasteiger partial charge in [0.1, 0.15) is 0 Å². The Bertz CT molecular complexity index is 731. The molecule has 0 saturated heterocycles. The molecule has 3 rings (SSSR count). The zero-order valence-corrected chi connectivity index (χ0v) is 14.3. The number of para-hydroxylation sites is 1. The average molecular weight is 313 g/mol. The lowest BCUT2D eigenvalue weighted by molar-refractivity contribution is 0.302. The first kappa shape index (κ1) is 16.2. The fourth-order valence-electron chi connectivity index (χ4n) is 3.55. The van der Waals surface area contributed by atoms with Gasteiger partial charge in [-0.25, -0.2) is 0 Å². The largest absolute Gasteiger partial charge is 0.311 e. The molecule has 0 aliphatic carbocycles. The van der Waals surface area contributed by atoms with Gasteiger partial charge in [0, 0.05) is 31.7 Å². The molecule has 2 heterocycles. The molecule has 1 aromatic carbocycles. The van der Waals surface area contributed by atoms with Gasteiger partial charge in [-0.3, -0.25) is 4.79 Å². The van der Waals surface area contributed by atoms with E-state index in [-0.39, 0.29) is 5.56 Å². The van der Waals surface area contributed by atoms with E-state index in [0.29, 0.717) is 6.54 Å². The topological polar surface area (TPSA) is 37.3 Å². The molecule has 0 unspecified atom stereocenters. The molecular formula is C19H27N3O. The van der Waals surface area contributed by atoms with Crippen LogP contribution >= 0.6 is 0 Å². The highest BCUT2D eigenvalue weighted by molar-refractivity contribution is 5.83. The summed E-state index contributed by atoms with van der Waals surface area (Å²) in [6, 6.07) is 8.46. The maximum Gasteiger partial charge on any atom is 0.255 e. The van der Waals surface area contributed by atoms with E-state index in [9.17, 15) is 4.79 Å². The predicted octanol–water partition coefficient (Wildman–Crippen LogP) is 2.38. The van der Waals surface area contributed by atoms with Crippen LogP contribution in [-0.4, -0.2) is 35.6 Å². The van der Waals surface area contributed by atoms with Gasteiger partial charge in [0.2, 0.25) is 0 Å². The van der Waals surface area contributed by atoms with Crippen LogP contribution in [0.15, 0.2) is 29.1 Å². The van der Waals surface area contributed by atoms with Crippen LogP contribution in [0.5, 0.6) is 0 Å². The predicted molar refractivity (Wildman–Crippen MR) is 96.0 cm³/mol.